The third kappa shape index (κ3) is 3.04. The number of benzene rings is 1. The summed E-state index contributed by atoms with van der Waals surface area (Å²) in [6.45, 7) is 0.661. The number of aromatic nitrogens is 5. The van der Waals surface area contributed by atoms with Crippen molar-refractivity contribution in [2.24, 2.45) is 0 Å². The van der Waals surface area contributed by atoms with Crippen molar-refractivity contribution in [1.29, 1.82) is 0 Å². The molecule has 7 nitrogen and oxygen atoms in total. The van der Waals surface area contributed by atoms with Gasteiger partial charge in [-0.2, -0.15) is 0 Å². The van der Waals surface area contributed by atoms with Gasteiger partial charge in [0.1, 0.15) is 0 Å². The highest BCUT2D eigenvalue weighted by atomic mass is 32.1. The number of imidazole rings is 1. The number of carbonyl (C=O) groups is 1. The molecule has 0 unspecified atom stereocenters. The molecule has 4 aromatic heterocycles. The molecular weight excluding hydrogens is 392 g/mol. The molecule has 0 fully saturated rings. The van der Waals surface area contributed by atoms with E-state index >= 15 is 0 Å². The highest BCUT2D eigenvalue weighted by Crippen LogP contribution is 2.28. The number of hydrogen-bond donors (Lipinski definition) is 1. The predicted molar refractivity (Wildman–Crippen MR) is 111 cm³/mol. The normalized spacial score (nSPS) is 11.3. The second kappa shape index (κ2) is 7.10. The van der Waals surface area contributed by atoms with E-state index in [0.29, 0.717) is 18.1 Å². The highest BCUT2D eigenvalue weighted by molar-refractivity contribution is 7.24. The summed E-state index contributed by atoms with van der Waals surface area (Å²) in [5.41, 5.74) is 3.39. The molecule has 0 bridgehead atoms. The number of hydrogen-bond acceptors (Lipinski definition) is 7. The van der Waals surface area contributed by atoms with Crippen LogP contribution in [-0.2, 0) is 13.0 Å². The summed E-state index contributed by atoms with van der Waals surface area (Å²) in [5, 5.41) is 8.81. The van der Waals surface area contributed by atoms with Gasteiger partial charge < -0.3 is 4.57 Å². The summed E-state index contributed by atoms with van der Waals surface area (Å²) in [6.07, 6.45) is 2.53. The number of pyridine rings is 1. The van der Waals surface area contributed by atoms with Crippen molar-refractivity contribution in [3.63, 3.8) is 0 Å². The van der Waals surface area contributed by atoms with E-state index in [1.165, 1.54) is 22.9 Å². The van der Waals surface area contributed by atoms with Crippen LogP contribution in [0.2, 0.25) is 0 Å². The lowest BCUT2D eigenvalue weighted by Gasteiger charge is -2.09. The Labute approximate surface area is 167 Å². The number of aryl methyl sites for hydroxylation is 2. The minimum Gasteiger partial charge on any atom is -0.310 e. The maximum atomic E-state index is 12.9. The average molecular weight is 406 g/mol. The van der Waals surface area contributed by atoms with Gasteiger partial charge in [-0.3, -0.25) is 15.1 Å². The first-order chi connectivity index (χ1) is 13.8. The third-order valence-corrected chi connectivity index (χ3v) is 6.18. The van der Waals surface area contributed by atoms with Crippen LogP contribution in [0.3, 0.4) is 0 Å². The van der Waals surface area contributed by atoms with E-state index in [2.05, 4.69) is 24.9 Å². The lowest BCUT2D eigenvalue weighted by molar-refractivity contribution is 0.102. The van der Waals surface area contributed by atoms with E-state index in [9.17, 15) is 4.79 Å². The van der Waals surface area contributed by atoms with Gasteiger partial charge in [-0.25, -0.2) is 4.98 Å². The van der Waals surface area contributed by atoms with Gasteiger partial charge in [-0.1, -0.05) is 22.7 Å². The summed E-state index contributed by atoms with van der Waals surface area (Å²) >= 11 is 2.65. The van der Waals surface area contributed by atoms with Crippen molar-refractivity contribution in [3.8, 4) is 0 Å². The lowest BCUT2D eigenvalue weighted by atomic mass is 10.2. The molecular formula is C19H14N6OS2. The molecule has 28 heavy (non-hydrogen) atoms. The van der Waals surface area contributed by atoms with E-state index in [-0.39, 0.29) is 5.91 Å². The first kappa shape index (κ1) is 17.0. The SMILES string of the molecule is O=C(Nc1nc2ccccc2n1CCc1ccccn1)c1csc2nnsc12. The second-order valence-corrected chi connectivity index (χ2v) is 7.77. The van der Waals surface area contributed by atoms with Gasteiger partial charge in [0.25, 0.3) is 5.91 Å². The lowest BCUT2D eigenvalue weighted by Crippen LogP contribution is -2.16. The number of nitrogens with zero attached hydrogens (tertiary/aromatic N) is 5. The van der Waals surface area contributed by atoms with E-state index in [1.807, 2.05) is 52.4 Å². The molecule has 0 aliphatic carbocycles. The Kier molecular flexibility index (Phi) is 4.30. The van der Waals surface area contributed by atoms with Crippen molar-refractivity contribution >= 4 is 55.3 Å². The fraction of sp³-hybridized carbons (Fsp3) is 0.105. The average Bonchev–Trinajstić information content (AvgIpc) is 3.41. The number of anilines is 1. The molecule has 4 heterocycles. The second-order valence-electron chi connectivity index (χ2n) is 6.16. The fourth-order valence-corrected chi connectivity index (χ4v) is 4.80. The monoisotopic (exact) mass is 406 g/mol. The van der Waals surface area contributed by atoms with Crippen molar-refractivity contribution < 1.29 is 4.79 Å². The zero-order valence-electron chi connectivity index (χ0n) is 14.6. The smallest absolute Gasteiger partial charge is 0.260 e. The Morgan fingerprint density at radius 2 is 2.04 bits per heavy atom. The first-order valence-electron chi connectivity index (χ1n) is 8.65. The largest absolute Gasteiger partial charge is 0.310 e. The van der Waals surface area contributed by atoms with Crippen molar-refractivity contribution in [2.75, 3.05) is 5.32 Å². The number of para-hydroxylation sites is 2. The molecule has 9 heteroatoms. The zero-order chi connectivity index (χ0) is 18.9. The number of nitrogens with one attached hydrogen (secondary N) is 1. The molecule has 0 atom stereocenters. The van der Waals surface area contributed by atoms with Crippen LogP contribution in [0.1, 0.15) is 16.1 Å². The van der Waals surface area contributed by atoms with Gasteiger partial charge in [0, 0.05) is 30.2 Å². The number of carbonyl (C=O) groups excluding carboxylic acids is 1. The number of amides is 1. The quantitative estimate of drug-likeness (QED) is 0.477. The van der Waals surface area contributed by atoms with E-state index in [0.717, 1.165) is 32.7 Å². The maximum Gasteiger partial charge on any atom is 0.260 e. The van der Waals surface area contributed by atoms with Gasteiger partial charge >= 0.3 is 0 Å². The molecule has 0 aliphatic heterocycles. The summed E-state index contributed by atoms with van der Waals surface area (Å²) in [4.78, 5) is 22.7. The van der Waals surface area contributed by atoms with E-state index in [1.54, 1.807) is 6.20 Å². The number of fused-ring (bicyclic) bond motifs is 2. The van der Waals surface area contributed by atoms with Crippen LogP contribution in [0, 0.1) is 0 Å². The molecule has 1 aromatic carbocycles. The Morgan fingerprint density at radius 3 is 2.93 bits per heavy atom. The van der Waals surface area contributed by atoms with Gasteiger partial charge in [-0.05, 0) is 35.8 Å². The number of rotatable bonds is 5. The molecule has 5 aromatic rings. The molecule has 5 rings (SSSR count). The predicted octanol–water partition coefficient (Wildman–Crippen LogP) is 3.99. The van der Waals surface area contributed by atoms with Crippen LogP contribution in [0.4, 0.5) is 5.95 Å². The molecule has 0 spiro atoms. The molecule has 0 saturated carbocycles. The fourth-order valence-electron chi connectivity index (χ4n) is 3.09. The third-order valence-electron chi connectivity index (χ3n) is 4.43. The topological polar surface area (TPSA) is 85.6 Å². The minimum absolute atomic E-state index is 0.202. The van der Waals surface area contributed by atoms with Crippen LogP contribution in [0.25, 0.3) is 20.6 Å². The Bertz CT molecular complexity index is 1270. The van der Waals surface area contributed by atoms with E-state index in [4.69, 9.17) is 0 Å². The zero-order valence-corrected chi connectivity index (χ0v) is 16.2. The summed E-state index contributed by atoms with van der Waals surface area (Å²) < 4.78 is 6.75. The van der Waals surface area contributed by atoms with Crippen molar-refractivity contribution in [1.82, 2.24) is 24.1 Å². The summed E-state index contributed by atoms with van der Waals surface area (Å²) in [7, 11) is 0. The molecule has 1 amide bonds. The van der Waals surface area contributed by atoms with Crippen LogP contribution in [0.5, 0.6) is 0 Å². The van der Waals surface area contributed by atoms with Crippen LogP contribution < -0.4 is 5.32 Å². The minimum atomic E-state index is -0.202. The Balaban J connectivity index is 1.48. The summed E-state index contributed by atoms with van der Waals surface area (Å²) in [6, 6.07) is 13.7. The Hall–Kier alpha value is -3.17. The first-order valence-corrected chi connectivity index (χ1v) is 10.3. The maximum absolute atomic E-state index is 12.9. The van der Waals surface area contributed by atoms with Crippen molar-refractivity contribution in [3.05, 3.63) is 65.3 Å². The molecule has 1 N–H and O–H groups in total. The number of thiophene rings is 1. The van der Waals surface area contributed by atoms with Crippen LogP contribution in [-0.4, -0.2) is 30.0 Å². The molecule has 0 aliphatic rings. The van der Waals surface area contributed by atoms with Gasteiger partial charge in [0.05, 0.1) is 21.3 Å². The van der Waals surface area contributed by atoms with Gasteiger partial charge in [-0.15, -0.1) is 16.4 Å². The van der Waals surface area contributed by atoms with Crippen LogP contribution in [0.15, 0.2) is 54.0 Å². The molecule has 0 radical (unpaired) electrons. The molecule has 138 valence electrons. The van der Waals surface area contributed by atoms with Crippen LogP contribution >= 0.6 is 22.9 Å². The van der Waals surface area contributed by atoms with Crippen molar-refractivity contribution in [2.45, 2.75) is 13.0 Å². The Morgan fingerprint density at radius 1 is 1.14 bits per heavy atom. The van der Waals surface area contributed by atoms with Gasteiger partial charge in [0.2, 0.25) is 5.95 Å². The van der Waals surface area contributed by atoms with E-state index < -0.39 is 0 Å². The molecule has 0 saturated heterocycles. The van der Waals surface area contributed by atoms with Gasteiger partial charge in [0.15, 0.2) is 4.83 Å². The summed E-state index contributed by atoms with van der Waals surface area (Å²) in [5.74, 6) is 0.325. The highest BCUT2D eigenvalue weighted by Gasteiger charge is 2.19. The standard InChI is InChI=1S/C19H14N6OS2/c26-17(13-11-27-18-16(13)28-24-23-18)22-19-21-14-6-1-2-7-15(14)25(19)10-8-12-5-3-4-9-20-12/h1-7,9,11H,8,10H2,(H,21,22,26).